The molecule has 182 valence electrons. The van der Waals surface area contributed by atoms with Crippen molar-refractivity contribution in [3.8, 4) is 0 Å². The largest absolute Gasteiger partial charge is 0.331 e. The van der Waals surface area contributed by atoms with E-state index in [1.807, 2.05) is 10.9 Å². The van der Waals surface area contributed by atoms with Crippen molar-refractivity contribution in [1.82, 2.24) is 20.7 Å². The monoisotopic (exact) mass is 488 g/mol. The molecular formula is C24H20N6O6. The minimum atomic E-state index is -1.14. The number of carbonyl (C=O) groups excluding carboxylic acids is 6. The van der Waals surface area contributed by atoms with Gasteiger partial charge in [-0.15, -0.1) is 0 Å². The van der Waals surface area contributed by atoms with Crippen LogP contribution in [0.4, 0.5) is 0 Å². The van der Waals surface area contributed by atoms with Crippen molar-refractivity contribution in [2.45, 2.75) is 13.8 Å². The van der Waals surface area contributed by atoms with E-state index in [1.165, 1.54) is 13.8 Å². The molecule has 36 heavy (non-hydrogen) atoms. The van der Waals surface area contributed by atoms with Gasteiger partial charge in [0.05, 0.1) is 46.8 Å². The first kappa shape index (κ1) is 24.1. The van der Waals surface area contributed by atoms with Gasteiger partial charge in [0.2, 0.25) is 0 Å². The van der Waals surface area contributed by atoms with Gasteiger partial charge in [-0.2, -0.15) is 10.2 Å². The number of hydrogen-bond acceptors (Lipinski definition) is 8. The fraction of sp³-hybridized carbons (Fsp3) is 0.167. The zero-order valence-corrected chi connectivity index (χ0v) is 19.3. The van der Waals surface area contributed by atoms with Crippen LogP contribution in [0.25, 0.3) is 0 Å². The average Bonchev–Trinajstić information content (AvgIpc) is 3.26. The molecule has 2 N–H and O–H groups in total. The van der Waals surface area contributed by atoms with E-state index in [2.05, 4.69) is 10.2 Å². The molecule has 0 spiro atoms. The first-order valence-corrected chi connectivity index (χ1v) is 10.8. The van der Waals surface area contributed by atoms with E-state index in [9.17, 15) is 28.8 Å². The summed E-state index contributed by atoms with van der Waals surface area (Å²) in [5.41, 5.74) is 5.61. The quantitative estimate of drug-likeness (QED) is 0.262. The van der Waals surface area contributed by atoms with Crippen LogP contribution in [-0.2, 0) is 9.59 Å². The van der Waals surface area contributed by atoms with Crippen LogP contribution in [0.3, 0.4) is 0 Å². The third kappa shape index (κ3) is 4.51. The summed E-state index contributed by atoms with van der Waals surface area (Å²) in [7, 11) is 0. The number of hydrazone groups is 2. The summed E-state index contributed by atoms with van der Waals surface area (Å²) in [5, 5.41) is 7.52. The van der Waals surface area contributed by atoms with Crippen LogP contribution in [0.2, 0.25) is 0 Å². The van der Waals surface area contributed by atoms with Gasteiger partial charge in [-0.25, -0.2) is 10.9 Å². The first-order valence-electron chi connectivity index (χ1n) is 10.8. The second-order valence-corrected chi connectivity index (χ2v) is 8.06. The molecule has 0 unspecified atom stereocenters. The Labute approximate surface area is 204 Å². The van der Waals surface area contributed by atoms with E-state index in [0.717, 1.165) is 9.80 Å². The summed E-state index contributed by atoms with van der Waals surface area (Å²) in [6.07, 6.45) is 0. The number of hydrogen-bond donors (Lipinski definition) is 2. The standard InChI is InChI=1S/C24H20N6O6/c1-13(11-29-21(33)15-7-3-4-8-16(15)22(29)34)25-27-19(31)20(32)28-26-14(2)12-30-23(35)17-9-5-6-10-18(17)24(30)36/h3-10H,11-12H2,1-2H3,(H,27,31)(H,28,32)/b25-13-,26-14-. The number of rotatable bonds is 6. The minimum absolute atomic E-state index is 0.175. The average molecular weight is 488 g/mol. The highest BCUT2D eigenvalue weighted by Gasteiger charge is 2.36. The zero-order chi connectivity index (χ0) is 26.0. The Kier molecular flexibility index (Phi) is 6.50. The lowest BCUT2D eigenvalue weighted by Crippen LogP contribution is -2.39. The predicted molar refractivity (Wildman–Crippen MR) is 126 cm³/mol. The Morgan fingerprint density at radius 1 is 0.611 bits per heavy atom. The summed E-state index contributed by atoms with van der Waals surface area (Å²) in [6.45, 7) is 2.61. The van der Waals surface area contributed by atoms with Gasteiger partial charge >= 0.3 is 11.8 Å². The molecule has 0 radical (unpaired) electrons. The Morgan fingerprint density at radius 2 is 0.889 bits per heavy atom. The van der Waals surface area contributed by atoms with Crippen molar-refractivity contribution in [2.75, 3.05) is 13.1 Å². The Morgan fingerprint density at radius 3 is 1.17 bits per heavy atom. The molecule has 0 aliphatic carbocycles. The lowest BCUT2D eigenvalue weighted by atomic mass is 10.1. The number of nitrogens with zero attached hydrogens (tertiary/aromatic N) is 4. The van der Waals surface area contributed by atoms with E-state index in [0.29, 0.717) is 0 Å². The molecule has 0 saturated carbocycles. The van der Waals surface area contributed by atoms with E-state index >= 15 is 0 Å². The summed E-state index contributed by atoms with van der Waals surface area (Å²) in [4.78, 5) is 75.7. The molecule has 2 aromatic carbocycles. The summed E-state index contributed by atoms with van der Waals surface area (Å²) in [6, 6.07) is 12.8. The van der Waals surface area contributed by atoms with Gasteiger partial charge in [0, 0.05) is 0 Å². The van der Waals surface area contributed by atoms with Crippen LogP contribution in [0.5, 0.6) is 0 Å². The van der Waals surface area contributed by atoms with Crippen molar-refractivity contribution in [3.63, 3.8) is 0 Å². The van der Waals surface area contributed by atoms with Gasteiger partial charge in [0.15, 0.2) is 0 Å². The van der Waals surface area contributed by atoms with Crippen LogP contribution in [0.1, 0.15) is 55.3 Å². The predicted octanol–water partition coefficient (Wildman–Crippen LogP) is 0.563. The molecule has 0 atom stereocenters. The Hall–Kier alpha value is -5.00. The SMILES string of the molecule is C/C(CN1C(=O)c2ccccc2C1=O)=N/NC(=O)C(=O)N/N=C(/C)CN1C(=O)c2ccccc2C1=O. The number of benzene rings is 2. The molecule has 0 aromatic heterocycles. The van der Waals surface area contributed by atoms with E-state index in [-0.39, 0.29) is 46.8 Å². The molecule has 12 nitrogen and oxygen atoms in total. The van der Waals surface area contributed by atoms with Crippen LogP contribution in [-0.4, -0.2) is 69.8 Å². The van der Waals surface area contributed by atoms with E-state index in [1.54, 1.807) is 48.5 Å². The molecule has 0 saturated heterocycles. The summed E-state index contributed by atoms with van der Waals surface area (Å²) >= 11 is 0. The maximum absolute atomic E-state index is 12.4. The van der Waals surface area contributed by atoms with Gasteiger partial charge < -0.3 is 0 Å². The third-order valence-corrected chi connectivity index (χ3v) is 5.43. The smallest absolute Gasteiger partial charge is 0.269 e. The van der Waals surface area contributed by atoms with E-state index < -0.39 is 35.4 Å². The molecule has 12 heteroatoms. The van der Waals surface area contributed by atoms with Crippen LogP contribution < -0.4 is 10.9 Å². The fourth-order valence-electron chi connectivity index (χ4n) is 3.69. The lowest BCUT2D eigenvalue weighted by molar-refractivity contribution is -0.139. The van der Waals surface area contributed by atoms with Crippen molar-refractivity contribution < 1.29 is 28.8 Å². The maximum atomic E-state index is 12.4. The number of amides is 6. The van der Waals surface area contributed by atoms with Crippen LogP contribution >= 0.6 is 0 Å². The Balaban J connectivity index is 1.29. The summed E-state index contributed by atoms with van der Waals surface area (Å²) < 4.78 is 0. The molecule has 0 bridgehead atoms. The van der Waals surface area contributed by atoms with E-state index in [4.69, 9.17) is 0 Å². The van der Waals surface area contributed by atoms with Gasteiger partial charge in [-0.3, -0.25) is 38.6 Å². The van der Waals surface area contributed by atoms with Gasteiger partial charge in [0.25, 0.3) is 23.6 Å². The highest BCUT2D eigenvalue weighted by Crippen LogP contribution is 2.23. The first-order chi connectivity index (χ1) is 17.2. The minimum Gasteiger partial charge on any atom is -0.269 e. The van der Waals surface area contributed by atoms with Crippen molar-refractivity contribution in [3.05, 3.63) is 70.8 Å². The number of carbonyl (C=O) groups is 6. The molecule has 4 rings (SSSR count). The molecular weight excluding hydrogens is 468 g/mol. The third-order valence-electron chi connectivity index (χ3n) is 5.43. The molecule has 2 heterocycles. The lowest BCUT2D eigenvalue weighted by Gasteiger charge is -2.13. The van der Waals surface area contributed by atoms with Gasteiger partial charge in [0.1, 0.15) is 0 Å². The maximum Gasteiger partial charge on any atom is 0.331 e. The fourth-order valence-corrected chi connectivity index (χ4v) is 3.69. The van der Waals surface area contributed by atoms with Crippen LogP contribution in [0.15, 0.2) is 58.7 Å². The number of fused-ring (bicyclic) bond motifs is 2. The highest BCUT2D eigenvalue weighted by molar-refractivity contribution is 6.35. The molecule has 2 aromatic rings. The number of imide groups is 2. The van der Waals surface area contributed by atoms with Crippen molar-refractivity contribution in [2.24, 2.45) is 10.2 Å². The van der Waals surface area contributed by atoms with Crippen molar-refractivity contribution >= 4 is 46.9 Å². The summed E-state index contributed by atoms with van der Waals surface area (Å²) in [5.74, 6) is -4.19. The van der Waals surface area contributed by atoms with Crippen LogP contribution in [0, 0.1) is 0 Å². The zero-order valence-electron chi connectivity index (χ0n) is 19.3. The van der Waals surface area contributed by atoms with Crippen molar-refractivity contribution in [1.29, 1.82) is 0 Å². The second-order valence-electron chi connectivity index (χ2n) is 8.06. The normalized spacial score (nSPS) is 15.3. The topological polar surface area (TPSA) is 158 Å². The van der Waals surface area contributed by atoms with Gasteiger partial charge in [-0.05, 0) is 38.1 Å². The number of nitrogens with one attached hydrogen (secondary N) is 2. The molecule has 0 fully saturated rings. The molecule has 6 amide bonds. The highest BCUT2D eigenvalue weighted by atomic mass is 16.2. The second kappa shape index (κ2) is 9.70. The Bertz CT molecular complexity index is 1220. The van der Waals surface area contributed by atoms with Gasteiger partial charge in [-0.1, -0.05) is 24.3 Å². The molecule has 2 aliphatic rings. The molecule has 2 aliphatic heterocycles.